The lowest BCUT2D eigenvalue weighted by molar-refractivity contribution is 0.913. The number of rotatable bonds is 3. The van der Waals surface area contributed by atoms with Gasteiger partial charge in [0.1, 0.15) is 0 Å². The number of aryl methyl sites for hydroxylation is 2. The molecular formula is C13H23N. The lowest BCUT2D eigenvalue weighted by atomic mass is 10.1. The van der Waals surface area contributed by atoms with Gasteiger partial charge in [0.05, 0.1) is 0 Å². The molecule has 0 heterocycles. The summed E-state index contributed by atoms with van der Waals surface area (Å²) < 4.78 is 0. The van der Waals surface area contributed by atoms with Crippen molar-refractivity contribution in [1.29, 1.82) is 0 Å². The molecule has 0 bridgehead atoms. The van der Waals surface area contributed by atoms with Crippen LogP contribution in [0.2, 0.25) is 0 Å². The maximum atomic E-state index is 5.03. The second kappa shape index (κ2) is 8.76. The molecule has 0 unspecified atom stereocenters. The molecule has 0 radical (unpaired) electrons. The summed E-state index contributed by atoms with van der Waals surface area (Å²) in [5.74, 6) is 0. The van der Waals surface area contributed by atoms with Crippen molar-refractivity contribution in [1.82, 2.24) is 0 Å². The van der Waals surface area contributed by atoms with Gasteiger partial charge in [-0.1, -0.05) is 44.5 Å². The molecule has 0 saturated heterocycles. The third-order valence-electron chi connectivity index (χ3n) is 2.07. The van der Waals surface area contributed by atoms with Crippen LogP contribution in [0.4, 0.5) is 0 Å². The fourth-order valence-corrected chi connectivity index (χ4v) is 1.16. The van der Waals surface area contributed by atoms with Gasteiger partial charge in [-0.05, 0) is 37.4 Å². The first-order chi connectivity index (χ1) is 6.76. The first-order valence-electron chi connectivity index (χ1n) is 5.50. The number of benzene rings is 1. The zero-order valence-corrected chi connectivity index (χ0v) is 9.72. The Balaban J connectivity index is 0.000000364. The third-order valence-corrected chi connectivity index (χ3v) is 2.07. The van der Waals surface area contributed by atoms with Gasteiger partial charge in [-0.25, -0.2) is 0 Å². The Morgan fingerprint density at radius 1 is 1.07 bits per heavy atom. The molecular weight excluding hydrogens is 170 g/mol. The zero-order valence-electron chi connectivity index (χ0n) is 9.72. The van der Waals surface area contributed by atoms with E-state index in [9.17, 15) is 0 Å². The van der Waals surface area contributed by atoms with Crippen LogP contribution in [0.3, 0.4) is 0 Å². The fraction of sp³-hybridized carbons (Fsp3) is 0.538. The van der Waals surface area contributed by atoms with Crippen LogP contribution in [-0.4, -0.2) is 6.54 Å². The SMILES string of the molecule is CCCN.CCCc1ccccc1C. The predicted molar refractivity (Wildman–Crippen MR) is 64.5 cm³/mol. The molecule has 14 heavy (non-hydrogen) atoms. The first kappa shape index (κ1) is 13.2. The number of hydrogen-bond donors (Lipinski definition) is 1. The van der Waals surface area contributed by atoms with Gasteiger partial charge in [0, 0.05) is 0 Å². The minimum absolute atomic E-state index is 0.819. The van der Waals surface area contributed by atoms with Crippen LogP contribution in [0.25, 0.3) is 0 Å². The molecule has 0 aliphatic carbocycles. The molecule has 1 nitrogen and oxygen atoms in total. The van der Waals surface area contributed by atoms with Gasteiger partial charge in [-0.15, -0.1) is 0 Å². The van der Waals surface area contributed by atoms with Crippen LogP contribution < -0.4 is 5.73 Å². The quantitative estimate of drug-likeness (QED) is 0.783. The van der Waals surface area contributed by atoms with Gasteiger partial charge in [0.25, 0.3) is 0 Å². The maximum Gasteiger partial charge on any atom is -0.00799 e. The van der Waals surface area contributed by atoms with E-state index in [2.05, 4.69) is 45.0 Å². The Hall–Kier alpha value is -0.820. The Labute approximate surface area is 88.3 Å². The Bertz CT molecular complexity index is 228. The maximum absolute atomic E-state index is 5.03. The highest BCUT2D eigenvalue weighted by atomic mass is 14.5. The van der Waals surface area contributed by atoms with Crippen molar-refractivity contribution in [3.63, 3.8) is 0 Å². The summed E-state index contributed by atoms with van der Waals surface area (Å²) >= 11 is 0. The largest absolute Gasteiger partial charge is 0.330 e. The van der Waals surface area contributed by atoms with Crippen molar-refractivity contribution in [2.24, 2.45) is 5.73 Å². The summed E-state index contributed by atoms with van der Waals surface area (Å²) in [6, 6.07) is 8.58. The van der Waals surface area contributed by atoms with Gasteiger partial charge in [0.2, 0.25) is 0 Å². The lowest BCUT2D eigenvalue weighted by Crippen LogP contribution is -1.93. The van der Waals surface area contributed by atoms with E-state index in [-0.39, 0.29) is 0 Å². The lowest BCUT2D eigenvalue weighted by Gasteiger charge is -2.01. The Morgan fingerprint density at radius 2 is 1.64 bits per heavy atom. The first-order valence-corrected chi connectivity index (χ1v) is 5.50. The van der Waals surface area contributed by atoms with Crippen molar-refractivity contribution in [2.45, 2.75) is 40.0 Å². The van der Waals surface area contributed by atoms with Crippen molar-refractivity contribution in [3.8, 4) is 0 Å². The normalized spacial score (nSPS) is 9.14. The fourth-order valence-electron chi connectivity index (χ4n) is 1.16. The van der Waals surface area contributed by atoms with Crippen LogP contribution in [0.5, 0.6) is 0 Å². The molecule has 0 aromatic heterocycles. The van der Waals surface area contributed by atoms with E-state index in [1.54, 1.807) is 0 Å². The average Bonchev–Trinajstić information content (AvgIpc) is 2.22. The molecule has 80 valence electrons. The molecule has 0 fully saturated rings. The number of nitrogens with two attached hydrogens (primary N) is 1. The predicted octanol–water partition coefficient (Wildman–Crippen LogP) is 3.30. The zero-order chi connectivity index (χ0) is 10.8. The molecule has 1 aromatic carbocycles. The second-order valence-corrected chi connectivity index (χ2v) is 3.47. The van der Waals surface area contributed by atoms with E-state index in [0.29, 0.717) is 0 Å². The molecule has 0 amide bonds. The highest BCUT2D eigenvalue weighted by molar-refractivity contribution is 5.25. The standard InChI is InChI=1S/C10H14.C3H9N/c1-3-6-10-8-5-4-7-9(10)2;1-2-3-4/h4-5,7-8H,3,6H2,1-2H3;2-4H2,1H3. The van der Waals surface area contributed by atoms with Gasteiger partial charge in [-0.2, -0.15) is 0 Å². The Morgan fingerprint density at radius 3 is 2.07 bits per heavy atom. The summed E-state index contributed by atoms with van der Waals surface area (Å²) in [5.41, 5.74) is 7.94. The molecule has 0 spiro atoms. The summed E-state index contributed by atoms with van der Waals surface area (Å²) in [6.45, 7) is 7.26. The molecule has 2 N–H and O–H groups in total. The van der Waals surface area contributed by atoms with Gasteiger partial charge >= 0.3 is 0 Å². The van der Waals surface area contributed by atoms with Gasteiger partial charge < -0.3 is 5.73 Å². The van der Waals surface area contributed by atoms with Gasteiger partial charge in [0.15, 0.2) is 0 Å². The number of hydrogen-bond acceptors (Lipinski definition) is 1. The van der Waals surface area contributed by atoms with E-state index >= 15 is 0 Å². The minimum atomic E-state index is 0.819. The molecule has 1 rings (SSSR count). The second-order valence-electron chi connectivity index (χ2n) is 3.47. The van der Waals surface area contributed by atoms with Gasteiger partial charge in [-0.3, -0.25) is 0 Å². The van der Waals surface area contributed by atoms with Crippen molar-refractivity contribution in [2.75, 3.05) is 6.54 Å². The van der Waals surface area contributed by atoms with E-state index in [1.807, 2.05) is 0 Å². The van der Waals surface area contributed by atoms with Crippen molar-refractivity contribution >= 4 is 0 Å². The molecule has 0 saturated carbocycles. The highest BCUT2D eigenvalue weighted by Crippen LogP contribution is 2.08. The summed E-state index contributed by atoms with van der Waals surface area (Å²) in [7, 11) is 0. The van der Waals surface area contributed by atoms with Crippen molar-refractivity contribution in [3.05, 3.63) is 35.4 Å². The summed E-state index contributed by atoms with van der Waals surface area (Å²) in [4.78, 5) is 0. The molecule has 0 aliphatic rings. The topological polar surface area (TPSA) is 26.0 Å². The van der Waals surface area contributed by atoms with Crippen LogP contribution >= 0.6 is 0 Å². The van der Waals surface area contributed by atoms with Crippen LogP contribution in [0, 0.1) is 6.92 Å². The van der Waals surface area contributed by atoms with E-state index in [1.165, 1.54) is 24.0 Å². The average molecular weight is 193 g/mol. The van der Waals surface area contributed by atoms with E-state index in [4.69, 9.17) is 5.73 Å². The minimum Gasteiger partial charge on any atom is -0.330 e. The van der Waals surface area contributed by atoms with E-state index in [0.717, 1.165) is 13.0 Å². The smallest absolute Gasteiger partial charge is 0.00799 e. The van der Waals surface area contributed by atoms with E-state index < -0.39 is 0 Å². The highest BCUT2D eigenvalue weighted by Gasteiger charge is 1.92. The van der Waals surface area contributed by atoms with Crippen molar-refractivity contribution < 1.29 is 0 Å². The third kappa shape index (κ3) is 5.76. The molecule has 1 heteroatoms. The summed E-state index contributed by atoms with van der Waals surface area (Å²) in [5, 5.41) is 0. The van der Waals surface area contributed by atoms with Crippen LogP contribution in [-0.2, 0) is 6.42 Å². The molecule has 1 aromatic rings. The molecule has 0 atom stereocenters. The Kier molecular flexibility index (Phi) is 8.25. The van der Waals surface area contributed by atoms with Crippen LogP contribution in [0.15, 0.2) is 24.3 Å². The molecule has 0 aliphatic heterocycles. The van der Waals surface area contributed by atoms with Crippen LogP contribution in [0.1, 0.15) is 37.8 Å². The monoisotopic (exact) mass is 193 g/mol. The summed E-state index contributed by atoms with van der Waals surface area (Å²) in [6.07, 6.45) is 3.55.